The maximum Gasteiger partial charge on any atom is 0.252 e. The third-order valence-corrected chi connectivity index (χ3v) is 5.98. The Morgan fingerprint density at radius 2 is 2.13 bits per heavy atom. The van der Waals surface area contributed by atoms with E-state index in [0.29, 0.717) is 30.3 Å². The van der Waals surface area contributed by atoms with E-state index >= 15 is 0 Å². The first-order chi connectivity index (χ1) is 14.7. The molecule has 1 amide bonds. The zero-order valence-corrected chi connectivity index (χ0v) is 17.7. The Morgan fingerprint density at radius 3 is 2.83 bits per heavy atom. The van der Waals surface area contributed by atoms with Crippen LogP contribution in [-0.2, 0) is 4.74 Å². The second kappa shape index (κ2) is 9.84. The third-order valence-electron chi connectivity index (χ3n) is 5.00. The van der Waals surface area contributed by atoms with Gasteiger partial charge in [0, 0.05) is 36.8 Å². The summed E-state index contributed by atoms with van der Waals surface area (Å²) in [5.74, 6) is 1.02. The molecule has 2 atom stereocenters. The van der Waals surface area contributed by atoms with Crippen molar-refractivity contribution in [1.29, 1.82) is 0 Å². The molecule has 0 aliphatic carbocycles. The Balaban J connectivity index is 1.38. The number of carbonyl (C=O) groups is 1. The maximum absolute atomic E-state index is 12.7. The molecule has 0 bridgehead atoms. The van der Waals surface area contributed by atoms with Gasteiger partial charge in [0.1, 0.15) is 5.75 Å². The lowest BCUT2D eigenvalue weighted by Crippen LogP contribution is -2.46. The van der Waals surface area contributed by atoms with Gasteiger partial charge in [0.2, 0.25) is 5.88 Å². The van der Waals surface area contributed by atoms with E-state index in [2.05, 4.69) is 33.6 Å². The summed E-state index contributed by atoms with van der Waals surface area (Å²) in [7, 11) is 0. The first-order valence-electron chi connectivity index (χ1n) is 10.1. The summed E-state index contributed by atoms with van der Waals surface area (Å²) < 4.78 is 11.4. The van der Waals surface area contributed by atoms with E-state index in [9.17, 15) is 4.79 Å². The van der Waals surface area contributed by atoms with Crippen LogP contribution in [0.15, 0.2) is 66.2 Å². The molecule has 1 fully saturated rings. The van der Waals surface area contributed by atoms with Crippen LogP contribution < -0.4 is 10.1 Å². The highest BCUT2D eigenvalue weighted by Gasteiger charge is 2.26. The molecule has 30 heavy (non-hydrogen) atoms. The fourth-order valence-electron chi connectivity index (χ4n) is 3.49. The molecule has 0 unspecified atom stereocenters. The van der Waals surface area contributed by atoms with Gasteiger partial charge in [-0.2, -0.15) is 0 Å². The zero-order chi connectivity index (χ0) is 20.8. The van der Waals surface area contributed by atoms with E-state index in [4.69, 9.17) is 9.47 Å². The van der Waals surface area contributed by atoms with E-state index in [1.54, 1.807) is 29.7 Å². The van der Waals surface area contributed by atoms with Crippen molar-refractivity contribution in [2.75, 3.05) is 26.2 Å². The number of nitrogens with zero attached hydrogens (tertiary/aromatic N) is 2. The first kappa shape index (κ1) is 20.5. The molecule has 0 saturated carbocycles. The smallest absolute Gasteiger partial charge is 0.252 e. The van der Waals surface area contributed by atoms with Gasteiger partial charge in [-0.15, -0.1) is 11.3 Å². The van der Waals surface area contributed by atoms with Gasteiger partial charge in [-0.3, -0.25) is 9.69 Å². The predicted octanol–water partition coefficient (Wildman–Crippen LogP) is 4.13. The number of morpholine rings is 1. The summed E-state index contributed by atoms with van der Waals surface area (Å²) in [5.41, 5.74) is 0.510. The SMILES string of the molecule is C[C@@H]1CN([C@@H](CNC(=O)c2ccc(Oc3ccccc3)nc2)c2cccs2)CCO1. The van der Waals surface area contributed by atoms with Crippen LogP contribution in [0.4, 0.5) is 0 Å². The van der Waals surface area contributed by atoms with Crippen molar-refractivity contribution in [2.24, 2.45) is 0 Å². The minimum absolute atomic E-state index is 0.133. The molecular weight excluding hydrogens is 398 g/mol. The summed E-state index contributed by atoms with van der Waals surface area (Å²) in [5, 5.41) is 5.15. The fourth-order valence-corrected chi connectivity index (χ4v) is 4.36. The van der Waals surface area contributed by atoms with Gasteiger partial charge in [-0.05, 0) is 36.6 Å². The Bertz CT molecular complexity index is 932. The molecule has 1 saturated heterocycles. The van der Waals surface area contributed by atoms with Crippen LogP contribution in [0.25, 0.3) is 0 Å². The molecule has 2 aromatic heterocycles. The molecular formula is C23H25N3O3S. The van der Waals surface area contributed by atoms with Crippen molar-refractivity contribution in [1.82, 2.24) is 15.2 Å². The summed E-state index contributed by atoms with van der Waals surface area (Å²) in [6, 6.07) is 17.2. The highest BCUT2D eigenvalue weighted by molar-refractivity contribution is 7.10. The van der Waals surface area contributed by atoms with E-state index < -0.39 is 0 Å². The Kier molecular flexibility index (Phi) is 6.74. The fraction of sp³-hybridized carbons (Fsp3) is 0.304. The molecule has 156 valence electrons. The molecule has 4 rings (SSSR count). The van der Waals surface area contributed by atoms with Gasteiger partial charge in [-0.25, -0.2) is 4.98 Å². The summed E-state index contributed by atoms with van der Waals surface area (Å²) in [6.07, 6.45) is 1.74. The molecule has 1 aliphatic heterocycles. The molecule has 1 aromatic carbocycles. The van der Waals surface area contributed by atoms with Gasteiger partial charge < -0.3 is 14.8 Å². The molecule has 0 radical (unpaired) electrons. The molecule has 3 aromatic rings. The van der Waals surface area contributed by atoms with E-state index in [1.807, 2.05) is 36.4 Å². The number of aromatic nitrogens is 1. The molecule has 3 heterocycles. The molecule has 7 heteroatoms. The normalized spacial score (nSPS) is 18.0. The minimum atomic E-state index is -0.142. The standard InChI is InChI=1S/C23H25N3O3S/c1-17-16-26(11-12-28-17)20(21-8-5-13-30-21)15-25-23(27)18-9-10-22(24-14-18)29-19-6-3-2-4-7-19/h2-10,13-14,17,20H,11-12,15-16H2,1H3,(H,25,27)/t17-,20+/m1/s1. The highest BCUT2D eigenvalue weighted by atomic mass is 32.1. The number of rotatable bonds is 7. The van der Waals surface area contributed by atoms with Crippen molar-refractivity contribution in [3.8, 4) is 11.6 Å². The topological polar surface area (TPSA) is 63.7 Å². The lowest BCUT2D eigenvalue weighted by molar-refractivity contribution is -0.0336. The van der Waals surface area contributed by atoms with Gasteiger partial charge >= 0.3 is 0 Å². The number of thiophene rings is 1. The van der Waals surface area contributed by atoms with Crippen LogP contribution in [0.3, 0.4) is 0 Å². The second-order valence-electron chi connectivity index (χ2n) is 7.22. The lowest BCUT2D eigenvalue weighted by Gasteiger charge is -2.37. The predicted molar refractivity (Wildman–Crippen MR) is 117 cm³/mol. The first-order valence-corrected chi connectivity index (χ1v) is 10.9. The van der Waals surface area contributed by atoms with Crippen LogP contribution in [0.2, 0.25) is 0 Å². The van der Waals surface area contributed by atoms with Crippen LogP contribution in [0.1, 0.15) is 28.2 Å². The number of carbonyl (C=O) groups excluding carboxylic acids is 1. The number of hydrogen-bond donors (Lipinski definition) is 1. The van der Waals surface area contributed by atoms with Crippen molar-refractivity contribution < 1.29 is 14.3 Å². The van der Waals surface area contributed by atoms with Crippen molar-refractivity contribution >= 4 is 17.2 Å². The second-order valence-corrected chi connectivity index (χ2v) is 8.20. The van der Waals surface area contributed by atoms with Crippen molar-refractivity contribution in [3.63, 3.8) is 0 Å². The van der Waals surface area contributed by atoms with Crippen LogP contribution >= 0.6 is 11.3 Å². The largest absolute Gasteiger partial charge is 0.439 e. The van der Waals surface area contributed by atoms with Crippen molar-refractivity contribution in [2.45, 2.75) is 19.1 Å². The molecule has 1 aliphatic rings. The minimum Gasteiger partial charge on any atom is -0.439 e. The number of nitrogens with one attached hydrogen (secondary N) is 1. The zero-order valence-electron chi connectivity index (χ0n) is 16.9. The summed E-state index contributed by atoms with van der Waals surface area (Å²) in [6.45, 7) is 5.04. The highest BCUT2D eigenvalue weighted by Crippen LogP contribution is 2.26. The Hall–Kier alpha value is -2.74. The number of hydrogen-bond acceptors (Lipinski definition) is 6. The van der Waals surface area contributed by atoms with Crippen molar-refractivity contribution in [3.05, 3.63) is 76.6 Å². The molecule has 1 N–H and O–H groups in total. The van der Waals surface area contributed by atoms with Crippen LogP contribution in [-0.4, -0.2) is 48.1 Å². The van der Waals surface area contributed by atoms with Gasteiger partial charge in [-0.1, -0.05) is 24.3 Å². The quantitative estimate of drug-likeness (QED) is 0.619. The number of pyridine rings is 1. The number of para-hydroxylation sites is 1. The number of amides is 1. The summed E-state index contributed by atoms with van der Waals surface area (Å²) in [4.78, 5) is 20.6. The molecule has 6 nitrogen and oxygen atoms in total. The Morgan fingerprint density at radius 1 is 1.27 bits per heavy atom. The van der Waals surface area contributed by atoms with Crippen LogP contribution in [0.5, 0.6) is 11.6 Å². The monoisotopic (exact) mass is 423 g/mol. The average molecular weight is 424 g/mol. The van der Waals surface area contributed by atoms with Gasteiger partial charge in [0.25, 0.3) is 5.91 Å². The van der Waals surface area contributed by atoms with E-state index in [-0.39, 0.29) is 18.1 Å². The Labute approximate surface area is 180 Å². The average Bonchev–Trinajstić information content (AvgIpc) is 3.30. The van der Waals surface area contributed by atoms with E-state index in [0.717, 1.165) is 13.1 Å². The van der Waals surface area contributed by atoms with E-state index in [1.165, 1.54) is 4.88 Å². The third kappa shape index (κ3) is 5.24. The maximum atomic E-state index is 12.7. The number of ether oxygens (including phenoxy) is 2. The van der Waals surface area contributed by atoms with Crippen LogP contribution in [0, 0.1) is 0 Å². The van der Waals surface area contributed by atoms with Gasteiger partial charge in [0.05, 0.1) is 24.3 Å². The summed E-state index contributed by atoms with van der Waals surface area (Å²) >= 11 is 1.71. The van der Waals surface area contributed by atoms with Gasteiger partial charge in [0.15, 0.2) is 0 Å². The number of benzene rings is 1. The lowest BCUT2D eigenvalue weighted by atomic mass is 10.1. The molecule has 0 spiro atoms.